The van der Waals surface area contributed by atoms with Gasteiger partial charge in [-0.2, -0.15) is 0 Å². The van der Waals surface area contributed by atoms with E-state index in [0.717, 1.165) is 47.8 Å². The molecule has 1 heterocycles. The fourth-order valence-electron chi connectivity index (χ4n) is 5.98. The van der Waals surface area contributed by atoms with Crippen molar-refractivity contribution in [3.05, 3.63) is 77.8 Å². The standard InChI is InChI=1S/C23H23GeN2.C15H28O2.Ir/c1-15-13-18-11-12-19-22(17-9-7-6-8-10-17)25-14-26-23(19)20(18)16(2)21(15)24(3,4)5;1-7-14(5,8-2)12(16)11-13(17)15(6,9-3)10-4;/h6-9,11-14H,1-5H3;11,16H,7-10H2,1-6H3;/q-1;;/b;12-11-;. The van der Waals surface area contributed by atoms with E-state index >= 15 is 0 Å². The molecule has 0 saturated carbocycles. The van der Waals surface area contributed by atoms with E-state index in [2.05, 4.69) is 66.4 Å². The average molecular weight is 833 g/mol. The number of carbonyl (C=O) groups excluding carboxylic acids is 1. The summed E-state index contributed by atoms with van der Waals surface area (Å²) in [6, 6.07) is 18.0. The molecule has 0 aliphatic rings. The van der Waals surface area contributed by atoms with E-state index < -0.39 is 13.3 Å². The summed E-state index contributed by atoms with van der Waals surface area (Å²) in [6.07, 6.45) is 6.44. The van der Waals surface area contributed by atoms with Crippen LogP contribution in [0.3, 0.4) is 0 Å². The molecule has 4 rings (SSSR count). The van der Waals surface area contributed by atoms with E-state index in [4.69, 9.17) is 4.98 Å². The number of hydrogen-bond acceptors (Lipinski definition) is 4. The van der Waals surface area contributed by atoms with Gasteiger partial charge in [0.1, 0.15) is 5.76 Å². The van der Waals surface area contributed by atoms with Crippen LogP contribution in [0.25, 0.3) is 32.9 Å². The van der Waals surface area contributed by atoms with Gasteiger partial charge >= 0.3 is 158 Å². The van der Waals surface area contributed by atoms with Crippen molar-refractivity contribution >= 4 is 45.1 Å². The Morgan fingerprint density at radius 3 is 2.07 bits per heavy atom. The first-order valence-corrected chi connectivity index (χ1v) is 23.1. The molecule has 0 unspecified atom stereocenters. The fourth-order valence-corrected chi connectivity index (χ4v) is 11.2. The Kier molecular flexibility index (Phi) is 13.2. The van der Waals surface area contributed by atoms with Gasteiger partial charge in [-0.05, 0) is 25.7 Å². The molecular formula is C38H51GeIrN2O2-. The molecule has 0 aliphatic carbocycles. The van der Waals surface area contributed by atoms with Crippen LogP contribution in [0.4, 0.5) is 0 Å². The Morgan fingerprint density at radius 2 is 1.55 bits per heavy atom. The summed E-state index contributed by atoms with van der Waals surface area (Å²) in [6.45, 7) is 16.6. The van der Waals surface area contributed by atoms with Crippen molar-refractivity contribution in [1.82, 2.24) is 9.97 Å². The number of nitrogens with zero attached hydrogens (tertiary/aromatic N) is 2. The molecule has 4 aromatic rings. The molecule has 0 bridgehead atoms. The number of ketones is 1. The van der Waals surface area contributed by atoms with Gasteiger partial charge in [-0.15, -0.1) is 0 Å². The maximum absolute atomic E-state index is 12.2. The minimum Gasteiger partial charge on any atom is 0 e. The van der Waals surface area contributed by atoms with Gasteiger partial charge in [-0.3, -0.25) is 4.79 Å². The van der Waals surface area contributed by atoms with Gasteiger partial charge in [-0.25, -0.2) is 0 Å². The van der Waals surface area contributed by atoms with Crippen LogP contribution >= 0.6 is 0 Å². The zero-order chi connectivity index (χ0) is 32.2. The van der Waals surface area contributed by atoms with Crippen LogP contribution in [0.1, 0.15) is 78.4 Å². The van der Waals surface area contributed by atoms with Crippen molar-refractivity contribution in [1.29, 1.82) is 0 Å². The molecule has 3 aromatic carbocycles. The normalized spacial score (nSPS) is 12.5. The second kappa shape index (κ2) is 15.3. The third-order valence-electron chi connectivity index (χ3n) is 9.67. The van der Waals surface area contributed by atoms with Crippen molar-refractivity contribution in [3.8, 4) is 11.3 Å². The molecular weight excluding hydrogens is 781 g/mol. The van der Waals surface area contributed by atoms with E-state index in [-0.39, 0.29) is 42.5 Å². The number of aromatic nitrogens is 2. The van der Waals surface area contributed by atoms with E-state index in [9.17, 15) is 9.90 Å². The Hall–Kier alpha value is -2.34. The monoisotopic (exact) mass is 834 g/mol. The predicted octanol–water partition coefficient (Wildman–Crippen LogP) is 10.1. The summed E-state index contributed by atoms with van der Waals surface area (Å²) in [5.74, 6) is 7.68. The molecule has 0 spiro atoms. The van der Waals surface area contributed by atoms with Crippen molar-refractivity contribution < 1.29 is 30.0 Å². The van der Waals surface area contributed by atoms with Crippen LogP contribution in [0.5, 0.6) is 0 Å². The van der Waals surface area contributed by atoms with Crippen molar-refractivity contribution in [3.63, 3.8) is 0 Å². The molecule has 0 fully saturated rings. The van der Waals surface area contributed by atoms with Crippen LogP contribution in [0.15, 0.2) is 60.6 Å². The van der Waals surface area contributed by atoms with Crippen LogP contribution in [-0.2, 0) is 24.9 Å². The smallest absolute Gasteiger partial charge is 0 e. The van der Waals surface area contributed by atoms with Crippen LogP contribution in [-0.4, -0.2) is 34.1 Å². The van der Waals surface area contributed by atoms with Gasteiger partial charge in [0, 0.05) is 37.0 Å². The summed E-state index contributed by atoms with van der Waals surface area (Å²) >= 11 is -1.99. The predicted molar refractivity (Wildman–Crippen MR) is 187 cm³/mol. The molecule has 0 aliphatic heterocycles. The molecule has 1 N–H and O–H groups in total. The van der Waals surface area contributed by atoms with Gasteiger partial charge in [0.05, 0.1) is 0 Å². The summed E-state index contributed by atoms with van der Waals surface area (Å²) in [4.78, 5) is 21.5. The molecule has 0 saturated heterocycles. The van der Waals surface area contributed by atoms with E-state index in [1.807, 2.05) is 59.7 Å². The first kappa shape index (κ1) is 37.8. The number of carbonyl (C=O) groups is 1. The van der Waals surface area contributed by atoms with E-state index in [1.165, 1.54) is 28.0 Å². The third-order valence-corrected chi connectivity index (χ3v) is 14.4. The second-order valence-electron chi connectivity index (χ2n) is 13.4. The Morgan fingerprint density at radius 1 is 0.932 bits per heavy atom. The van der Waals surface area contributed by atoms with Gasteiger partial charge in [0.25, 0.3) is 0 Å². The minimum absolute atomic E-state index is 0. The second-order valence-corrected chi connectivity index (χ2v) is 23.9. The molecule has 1 radical (unpaired) electrons. The number of rotatable bonds is 9. The summed E-state index contributed by atoms with van der Waals surface area (Å²) in [7, 11) is 0. The molecule has 6 heteroatoms. The number of aryl methyl sites for hydroxylation is 2. The van der Waals surface area contributed by atoms with Crippen LogP contribution < -0.4 is 4.40 Å². The van der Waals surface area contributed by atoms with Crippen LogP contribution in [0.2, 0.25) is 17.3 Å². The molecule has 0 amide bonds. The maximum Gasteiger partial charge on any atom is 0 e. The Balaban J connectivity index is 0.000000331. The van der Waals surface area contributed by atoms with Gasteiger partial charge in [0.15, 0.2) is 5.78 Å². The van der Waals surface area contributed by atoms with Crippen molar-refractivity contribution in [2.75, 3.05) is 0 Å². The number of allylic oxidation sites excluding steroid dienone is 2. The summed E-state index contributed by atoms with van der Waals surface area (Å²) < 4.78 is 1.59. The molecule has 44 heavy (non-hydrogen) atoms. The number of aliphatic hydroxyl groups is 1. The average Bonchev–Trinajstić information content (AvgIpc) is 2.99. The zero-order valence-corrected chi connectivity index (χ0v) is 33.1. The fraction of sp³-hybridized carbons (Fsp3) is 0.447. The quantitative estimate of drug-likeness (QED) is 0.0600. The zero-order valence-electron chi connectivity index (χ0n) is 28.6. The van der Waals surface area contributed by atoms with E-state index in [1.54, 1.807) is 10.7 Å². The largest absolute Gasteiger partial charge is 0 e. The Labute approximate surface area is 281 Å². The van der Waals surface area contributed by atoms with Gasteiger partial charge in [0.2, 0.25) is 0 Å². The summed E-state index contributed by atoms with van der Waals surface area (Å²) in [5, 5.41) is 13.8. The first-order chi connectivity index (χ1) is 20.2. The van der Waals surface area contributed by atoms with Crippen molar-refractivity contribution in [2.24, 2.45) is 10.8 Å². The number of benzene rings is 3. The SMILES string of the molecule is CCC(C)(CC)C(=O)/C=C(\O)C(C)(CC)CC.Cc1cc2ccc3c(-c4[c-]cccc4)ncnc3c2c(C)[c]1[Ge]([CH3])([CH3])[CH3].[Ir]. The van der Waals surface area contributed by atoms with E-state index in [0.29, 0.717) is 0 Å². The molecule has 239 valence electrons. The minimum atomic E-state index is -1.99. The van der Waals surface area contributed by atoms with Gasteiger partial charge < -0.3 is 5.11 Å². The third kappa shape index (κ3) is 7.89. The molecule has 0 atom stereocenters. The number of aliphatic hydroxyl groups excluding tert-OH is 1. The molecule has 1 aromatic heterocycles. The Bertz CT molecular complexity index is 1620. The summed E-state index contributed by atoms with van der Waals surface area (Å²) in [5.41, 5.74) is 5.24. The van der Waals surface area contributed by atoms with Crippen molar-refractivity contribution in [2.45, 2.75) is 98.3 Å². The topological polar surface area (TPSA) is 63.1 Å². The first-order valence-electron chi connectivity index (χ1n) is 15.8. The number of fused-ring (bicyclic) bond motifs is 3. The van der Waals surface area contributed by atoms with Crippen LogP contribution in [0, 0.1) is 30.7 Å². The molecule has 4 nitrogen and oxygen atoms in total. The van der Waals surface area contributed by atoms with Gasteiger partial charge in [-0.1, -0.05) is 41.5 Å². The number of hydrogen-bond donors (Lipinski definition) is 1. The maximum atomic E-state index is 12.2.